The van der Waals surface area contributed by atoms with Crippen LogP contribution in [0.5, 0.6) is 0 Å². The van der Waals surface area contributed by atoms with Gasteiger partial charge in [0.1, 0.15) is 0 Å². The lowest BCUT2D eigenvalue weighted by Gasteiger charge is -2.03. The molecule has 1 aromatic rings. The highest BCUT2D eigenvalue weighted by molar-refractivity contribution is 9.11. The van der Waals surface area contributed by atoms with Gasteiger partial charge in [-0.25, -0.2) is 4.98 Å². The maximum atomic E-state index is 9.56. The molecular weight excluding hydrogens is 238 g/mol. The number of nitrogens with zero attached hydrogens (tertiary/aromatic N) is 1. The first kappa shape index (κ1) is 8.66. The molecule has 2 rings (SSSR count). The second-order valence-electron chi connectivity index (χ2n) is 3.32. The van der Waals surface area contributed by atoms with Crippen LogP contribution in [-0.4, -0.2) is 15.7 Å². The Hall–Kier alpha value is 0.0700. The van der Waals surface area contributed by atoms with Crippen LogP contribution in [0.4, 0.5) is 0 Å². The van der Waals surface area contributed by atoms with Gasteiger partial charge in [0.15, 0.2) is 3.92 Å². The van der Waals surface area contributed by atoms with E-state index < -0.39 is 0 Å². The Balaban J connectivity index is 1.87. The first-order valence-corrected chi connectivity index (χ1v) is 5.68. The average molecular weight is 248 g/mol. The first-order chi connectivity index (χ1) is 5.68. The molecule has 1 aliphatic rings. The van der Waals surface area contributed by atoms with Gasteiger partial charge in [-0.2, -0.15) is 0 Å². The van der Waals surface area contributed by atoms with Gasteiger partial charge in [0.05, 0.1) is 11.3 Å². The van der Waals surface area contributed by atoms with Crippen molar-refractivity contribution in [3.8, 4) is 0 Å². The number of rotatable bonds is 3. The monoisotopic (exact) mass is 247 g/mol. The topological polar surface area (TPSA) is 33.1 Å². The summed E-state index contributed by atoms with van der Waals surface area (Å²) in [5.41, 5.74) is 0.753. The third-order valence-corrected chi connectivity index (χ3v) is 3.61. The summed E-state index contributed by atoms with van der Waals surface area (Å²) in [4.78, 5) is 4.27. The summed E-state index contributed by atoms with van der Waals surface area (Å²) in [7, 11) is 0. The van der Waals surface area contributed by atoms with E-state index in [9.17, 15) is 5.11 Å². The summed E-state index contributed by atoms with van der Waals surface area (Å²) < 4.78 is 0.931. The van der Waals surface area contributed by atoms with Crippen LogP contribution in [0.2, 0.25) is 0 Å². The molecule has 0 bridgehead atoms. The van der Waals surface area contributed by atoms with E-state index in [2.05, 4.69) is 20.9 Å². The van der Waals surface area contributed by atoms with E-state index in [4.69, 9.17) is 0 Å². The molecule has 0 radical (unpaired) electrons. The maximum Gasteiger partial charge on any atom is 0.159 e. The number of thiazole rings is 1. The lowest BCUT2D eigenvalue weighted by Crippen LogP contribution is -2.07. The molecule has 0 aromatic carbocycles. The summed E-state index contributed by atoms with van der Waals surface area (Å²) >= 11 is 4.91. The number of hydrogen-bond donors (Lipinski definition) is 1. The van der Waals surface area contributed by atoms with Crippen molar-refractivity contribution in [1.29, 1.82) is 0 Å². The molecule has 0 amide bonds. The number of aliphatic hydroxyl groups is 1. The molecule has 4 heteroatoms. The van der Waals surface area contributed by atoms with Crippen molar-refractivity contribution >= 4 is 27.3 Å². The molecule has 2 nitrogen and oxygen atoms in total. The zero-order chi connectivity index (χ0) is 8.60. The zero-order valence-electron chi connectivity index (χ0n) is 6.59. The van der Waals surface area contributed by atoms with Crippen LogP contribution in [0.1, 0.15) is 25.0 Å². The second-order valence-corrected chi connectivity index (χ2v) is 5.45. The fourth-order valence-electron chi connectivity index (χ4n) is 1.15. The molecule has 0 aliphatic heterocycles. The van der Waals surface area contributed by atoms with Gasteiger partial charge >= 0.3 is 0 Å². The number of hydrogen-bond acceptors (Lipinski definition) is 3. The van der Waals surface area contributed by atoms with Crippen LogP contribution in [0, 0.1) is 0 Å². The van der Waals surface area contributed by atoms with Gasteiger partial charge in [-0.3, -0.25) is 0 Å². The van der Waals surface area contributed by atoms with Crippen LogP contribution in [-0.2, 0) is 6.42 Å². The summed E-state index contributed by atoms with van der Waals surface area (Å²) in [6.07, 6.45) is 3.71. The Morgan fingerprint density at radius 3 is 2.92 bits per heavy atom. The number of aromatic nitrogens is 1. The van der Waals surface area contributed by atoms with Crippen LogP contribution >= 0.6 is 27.3 Å². The Morgan fingerprint density at radius 2 is 2.42 bits per heavy atom. The van der Waals surface area contributed by atoms with Gasteiger partial charge in [0.2, 0.25) is 0 Å². The predicted octanol–water partition coefficient (Wildman–Crippen LogP) is 2.36. The third-order valence-electron chi connectivity index (χ3n) is 2.20. The molecule has 1 N–H and O–H groups in total. The van der Waals surface area contributed by atoms with E-state index in [1.54, 1.807) is 11.3 Å². The fraction of sp³-hybridized carbons (Fsp3) is 0.625. The molecule has 1 fully saturated rings. The van der Waals surface area contributed by atoms with Gasteiger partial charge in [0.25, 0.3) is 0 Å². The molecular formula is C8H10BrNOS. The van der Waals surface area contributed by atoms with E-state index in [0.717, 1.165) is 35.3 Å². The van der Waals surface area contributed by atoms with E-state index in [1.807, 2.05) is 5.38 Å². The predicted molar refractivity (Wildman–Crippen MR) is 52.3 cm³/mol. The average Bonchev–Trinajstić information content (AvgIpc) is 2.60. The quantitative estimate of drug-likeness (QED) is 0.890. The Kier molecular flexibility index (Phi) is 2.23. The molecule has 0 saturated heterocycles. The summed E-state index contributed by atoms with van der Waals surface area (Å²) in [6.45, 7) is 0. The minimum Gasteiger partial charge on any atom is -0.390 e. The Labute approximate surface area is 83.8 Å². The number of aryl methyl sites for hydroxylation is 1. The van der Waals surface area contributed by atoms with Crippen LogP contribution in [0.25, 0.3) is 0 Å². The lowest BCUT2D eigenvalue weighted by molar-refractivity contribution is 0.140. The summed E-state index contributed by atoms with van der Waals surface area (Å²) in [5, 5.41) is 11.6. The molecule has 1 aromatic heterocycles. The molecule has 0 atom stereocenters. The van der Waals surface area contributed by atoms with Gasteiger partial charge < -0.3 is 5.11 Å². The SMILES string of the molecule is OC1(CCc2csc(Br)n2)CC1. The molecule has 0 unspecified atom stereocenters. The third kappa shape index (κ3) is 2.06. The van der Waals surface area contributed by atoms with Gasteiger partial charge in [-0.1, -0.05) is 0 Å². The highest BCUT2D eigenvalue weighted by Crippen LogP contribution is 2.39. The summed E-state index contributed by atoms with van der Waals surface area (Å²) in [5.74, 6) is 0. The highest BCUT2D eigenvalue weighted by atomic mass is 79.9. The van der Waals surface area contributed by atoms with Gasteiger partial charge in [0, 0.05) is 5.38 Å². The van der Waals surface area contributed by atoms with E-state index in [0.29, 0.717) is 0 Å². The molecule has 66 valence electrons. The van der Waals surface area contributed by atoms with Crippen LogP contribution in [0.3, 0.4) is 0 Å². The van der Waals surface area contributed by atoms with Crippen molar-refractivity contribution in [2.24, 2.45) is 0 Å². The van der Waals surface area contributed by atoms with Crippen molar-refractivity contribution in [2.45, 2.75) is 31.3 Å². The van der Waals surface area contributed by atoms with Crippen molar-refractivity contribution in [1.82, 2.24) is 4.98 Å². The van der Waals surface area contributed by atoms with Crippen LogP contribution in [0.15, 0.2) is 9.30 Å². The van der Waals surface area contributed by atoms with Crippen molar-refractivity contribution < 1.29 is 5.11 Å². The Morgan fingerprint density at radius 1 is 1.67 bits per heavy atom. The molecule has 12 heavy (non-hydrogen) atoms. The zero-order valence-corrected chi connectivity index (χ0v) is 8.99. The summed E-state index contributed by atoms with van der Waals surface area (Å²) in [6, 6.07) is 0. The molecule has 1 heterocycles. The number of halogens is 1. The first-order valence-electron chi connectivity index (χ1n) is 4.00. The van der Waals surface area contributed by atoms with Crippen molar-refractivity contribution in [3.05, 3.63) is 15.0 Å². The van der Waals surface area contributed by atoms with E-state index in [-0.39, 0.29) is 5.60 Å². The minimum atomic E-state index is -0.337. The molecule has 0 spiro atoms. The fourth-order valence-corrected chi connectivity index (χ4v) is 2.23. The largest absolute Gasteiger partial charge is 0.390 e. The maximum absolute atomic E-state index is 9.56. The van der Waals surface area contributed by atoms with Crippen LogP contribution < -0.4 is 0 Å². The lowest BCUT2D eigenvalue weighted by atomic mass is 10.1. The van der Waals surface area contributed by atoms with Gasteiger partial charge in [-0.05, 0) is 41.6 Å². The van der Waals surface area contributed by atoms with Crippen molar-refractivity contribution in [3.63, 3.8) is 0 Å². The minimum absolute atomic E-state index is 0.337. The van der Waals surface area contributed by atoms with Gasteiger partial charge in [-0.15, -0.1) is 11.3 Å². The smallest absolute Gasteiger partial charge is 0.159 e. The Bertz CT molecular complexity index is 282. The normalized spacial score (nSPS) is 19.5. The molecule has 1 saturated carbocycles. The standard InChI is InChI=1S/C8H10BrNOS/c9-7-10-6(5-12-7)1-2-8(11)3-4-8/h5,11H,1-4H2. The van der Waals surface area contributed by atoms with E-state index in [1.165, 1.54) is 0 Å². The van der Waals surface area contributed by atoms with Crippen molar-refractivity contribution in [2.75, 3.05) is 0 Å². The highest BCUT2D eigenvalue weighted by Gasteiger charge is 2.39. The molecule has 1 aliphatic carbocycles. The van der Waals surface area contributed by atoms with E-state index >= 15 is 0 Å². The second kappa shape index (κ2) is 3.09.